The van der Waals surface area contributed by atoms with Gasteiger partial charge in [-0.3, -0.25) is 19.1 Å². The maximum atomic E-state index is 13.6. The number of nitrogens with one attached hydrogen (secondary N) is 2. The normalized spacial score (nSPS) is 10.7. The number of halogens is 2. The van der Waals surface area contributed by atoms with Gasteiger partial charge in [0.25, 0.3) is 11.5 Å². The summed E-state index contributed by atoms with van der Waals surface area (Å²) in [6, 6.07) is 11.6. The molecule has 1 aromatic heterocycles. The van der Waals surface area contributed by atoms with Crippen molar-refractivity contribution in [2.75, 3.05) is 11.9 Å². The first-order valence-electron chi connectivity index (χ1n) is 9.16. The maximum absolute atomic E-state index is 13.6. The first-order chi connectivity index (χ1) is 14.3. The average molecular weight is 414 g/mol. The fraction of sp³-hybridized carbons (Fsp3) is 0.190. The summed E-state index contributed by atoms with van der Waals surface area (Å²) in [6.07, 6.45) is -0.131. The standard InChI is InChI=1S/C21H20F2N4O3/c1-13-19(21(30)27(26(13)2)15-6-4-3-5-7-15)25-18(28)10-11-24-20(29)16-9-8-14(22)12-17(16)23/h3-9,12H,10-11H2,1-2H3,(H,24,29)(H,25,28). The molecular formula is C21H20F2N4O3. The first kappa shape index (κ1) is 21.0. The molecule has 156 valence electrons. The number of carbonyl (C=O) groups is 2. The highest BCUT2D eigenvalue weighted by Gasteiger charge is 2.18. The summed E-state index contributed by atoms with van der Waals surface area (Å²) in [7, 11) is 1.71. The molecule has 2 N–H and O–H groups in total. The molecule has 0 saturated carbocycles. The summed E-state index contributed by atoms with van der Waals surface area (Å²) >= 11 is 0. The molecule has 0 aliphatic carbocycles. The third-order valence-corrected chi connectivity index (χ3v) is 4.63. The number of aromatic nitrogens is 2. The monoisotopic (exact) mass is 414 g/mol. The number of amides is 2. The van der Waals surface area contributed by atoms with Gasteiger partial charge in [-0.05, 0) is 31.2 Å². The van der Waals surface area contributed by atoms with Gasteiger partial charge in [0, 0.05) is 26.1 Å². The number of rotatable bonds is 6. The molecule has 0 aliphatic heterocycles. The van der Waals surface area contributed by atoms with E-state index in [1.807, 2.05) is 6.07 Å². The van der Waals surface area contributed by atoms with Crippen LogP contribution in [0.1, 0.15) is 22.5 Å². The molecule has 3 aromatic rings. The van der Waals surface area contributed by atoms with E-state index in [1.54, 1.807) is 42.9 Å². The van der Waals surface area contributed by atoms with Crippen LogP contribution in [0, 0.1) is 18.6 Å². The van der Waals surface area contributed by atoms with E-state index in [1.165, 1.54) is 4.68 Å². The summed E-state index contributed by atoms with van der Waals surface area (Å²) in [5.74, 6) is -3.02. The summed E-state index contributed by atoms with van der Waals surface area (Å²) in [5, 5.41) is 4.97. The molecule has 0 unspecified atom stereocenters. The second-order valence-corrected chi connectivity index (χ2v) is 6.61. The zero-order chi connectivity index (χ0) is 21.8. The number of benzene rings is 2. The predicted molar refractivity (Wildman–Crippen MR) is 108 cm³/mol. The molecule has 0 atom stereocenters. The zero-order valence-electron chi connectivity index (χ0n) is 16.4. The van der Waals surface area contributed by atoms with Gasteiger partial charge in [0.15, 0.2) is 0 Å². The Kier molecular flexibility index (Phi) is 6.10. The lowest BCUT2D eigenvalue weighted by Gasteiger charge is -2.07. The van der Waals surface area contributed by atoms with Gasteiger partial charge >= 0.3 is 0 Å². The minimum absolute atomic E-state index is 0.0831. The lowest BCUT2D eigenvalue weighted by molar-refractivity contribution is -0.116. The van der Waals surface area contributed by atoms with Gasteiger partial charge in [0.05, 0.1) is 16.9 Å². The van der Waals surface area contributed by atoms with Crippen molar-refractivity contribution in [2.45, 2.75) is 13.3 Å². The number of hydrogen-bond donors (Lipinski definition) is 2. The molecule has 0 saturated heterocycles. The Morgan fingerprint density at radius 1 is 1.07 bits per heavy atom. The molecule has 2 aromatic carbocycles. The van der Waals surface area contributed by atoms with Gasteiger partial charge in [0.1, 0.15) is 17.3 Å². The van der Waals surface area contributed by atoms with E-state index in [2.05, 4.69) is 10.6 Å². The first-order valence-corrected chi connectivity index (χ1v) is 9.16. The van der Waals surface area contributed by atoms with E-state index in [9.17, 15) is 23.2 Å². The summed E-state index contributed by atoms with van der Waals surface area (Å²) in [5.41, 5.74) is 0.660. The Bertz CT molecular complexity index is 1150. The Morgan fingerprint density at radius 3 is 2.43 bits per heavy atom. The van der Waals surface area contributed by atoms with E-state index in [4.69, 9.17) is 0 Å². The van der Waals surface area contributed by atoms with Gasteiger partial charge in [-0.2, -0.15) is 0 Å². The minimum Gasteiger partial charge on any atom is -0.351 e. The third kappa shape index (κ3) is 4.29. The number of nitrogens with zero attached hydrogens (tertiary/aromatic N) is 2. The highest BCUT2D eigenvalue weighted by molar-refractivity contribution is 5.95. The summed E-state index contributed by atoms with van der Waals surface area (Å²) in [4.78, 5) is 37.0. The topological polar surface area (TPSA) is 85.1 Å². The highest BCUT2D eigenvalue weighted by Crippen LogP contribution is 2.14. The molecule has 9 heteroatoms. The van der Waals surface area contributed by atoms with Crippen molar-refractivity contribution in [1.29, 1.82) is 0 Å². The number of carbonyl (C=O) groups excluding carboxylic acids is 2. The van der Waals surface area contributed by atoms with Crippen molar-refractivity contribution in [3.63, 3.8) is 0 Å². The fourth-order valence-electron chi connectivity index (χ4n) is 2.97. The Labute approximate surface area is 170 Å². The van der Waals surface area contributed by atoms with E-state index in [0.29, 0.717) is 17.4 Å². The molecule has 2 amide bonds. The van der Waals surface area contributed by atoms with Crippen molar-refractivity contribution in [3.8, 4) is 5.69 Å². The van der Waals surface area contributed by atoms with Crippen LogP contribution in [0.4, 0.5) is 14.5 Å². The van der Waals surface area contributed by atoms with Crippen LogP contribution in [-0.2, 0) is 11.8 Å². The Morgan fingerprint density at radius 2 is 1.77 bits per heavy atom. The highest BCUT2D eigenvalue weighted by atomic mass is 19.1. The lowest BCUT2D eigenvalue weighted by atomic mass is 10.2. The second kappa shape index (κ2) is 8.73. The average Bonchev–Trinajstić information content (AvgIpc) is 2.91. The number of hydrogen-bond acceptors (Lipinski definition) is 3. The van der Waals surface area contributed by atoms with Gasteiger partial charge in [-0.15, -0.1) is 0 Å². The number of para-hydroxylation sites is 1. The van der Waals surface area contributed by atoms with Crippen LogP contribution in [0.5, 0.6) is 0 Å². The molecule has 30 heavy (non-hydrogen) atoms. The molecule has 1 heterocycles. The van der Waals surface area contributed by atoms with Crippen molar-refractivity contribution in [3.05, 3.63) is 81.8 Å². The Balaban J connectivity index is 1.64. The number of anilines is 1. The SMILES string of the molecule is Cc1c(NC(=O)CCNC(=O)c2ccc(F)cc2F)c(=O)n(-c2ccccc2)n1C. The largest absolute Gasteiger partial charge is 0.351 e. The minimum atomic E-state index is -0.988. The van der Waals surface area contributed by atoms with Crippen molar-refractivity contribution >= 4 is 17.5 Å². The van der Waals surface area contributed by atoms with Gasteiger partial charge in [0.2, 0.25) is 5.91 Å². The fourth-order valence-corrected chi connectivity index (χ4v) is 2.97. The summed E-state index contributed by atoms with van der Waals surface area (Å²) in [6.45, 7) is 1.62. The van der Waals surface area contributed by atoms with Gasteiger partial charge in [-0.25, -0.2) is 13.5 Å². The van der Waals surface area contributed by atoms with E-state index in [-0.39, 0.29) is 29.8 Å². The van der Waals surface area contributed by atoms with Crippen LogP contribution < -0.4 is 16.2 Å². The maximum Gasteiger partial charge on any atom is 0.295 e. The van der Waals surface area contributed by atoms with E-state index in [0.717, 1.165) is 12.1 Å². The third-order valence-electron chi connectivity index (χ3n) is 4.63. The lowest BCUT2D eigenvalue weighted by Crippen LogP contribution is -2.29. The molecule has 3 rings (SSSR count). The van der Waals surface area contributed by atoms with E-state index < -0.39 is 23.4 Å². The van der Waals surface area contributed by atoms with E-state index >= 15 is 0 Å². The molecule has 0 bridgehead atoms. The molecule has 0 spiro atoms. The van der Waals surface area contributed by atoms with Crippen molar-refractivity contribution in [2.24, 2.45) is 7.05 Å². The van der Waals surface area contributed by atoms with Crippen LogP contribution in [0.3, 0.4) is 0 Å². The summed E-state index contributed by atoms with van der Waals surface area (Å²) < 4.78 is 29.6. The molecule has 0 radical (unpaired) electrons. The predicted octanol–water partition coefficient (Wildman–Crippen LogP) is 2.52. The zero-order valence-corrected chi connectivity index (χ0v) is 16.4. The quantitative estimate of drug-likeness (QED) is 0.650. The van der Waals surface area contributed by atoms with Crippen molar-refractivity contribution < 1.29 is 18.4 Å². The molecule has 7 nitrogen and oxygen atoms in total. The second-order valence-electron chi connectivity index (χ2n) is 6.61. The molecular weight excluding hydrogens is 394 g/mol. The molecule has 0 fully saturated rings. The van der Waals surface area contributed by atoms with Crippen LogP contribution in [0.25, 0.3) is 5.69 Å². The van der Waals surface area contributed by atoms with Crippen LogP contribution in [0.15, 0.2) is 53.3 Å². The Hall–Kier alpha value is -3.75. The van der Waals surface area contributed by atoms with Crippen molar-refractivity contribution in [1.82, 2.24) is 14.7 Å². The molecule has 0 aliphatic rings. The van der Waals surface area contributed by atoms with Crippen LogP contribution in [0.2, 0.25) is 0 Å². The van der Waals surface area contributed by atoms with Gasteiger partial charge < -0.3 is 10.6 Å². The smallest absolute Gasteiger partial charge is 0.295 e. The van der Waals surface area contributed by atoms with Crippen LogP contribution >= 0.6 is 0 Å². The van der Waals surface area contributed by atoms with Gasteiger partial charge in [-0.1, -0.05) is 18.2 Å². The van der Waals surface area contributed by atoms with Crippen LogP contribution in [-0.4, -0.2) is 27.7 Å².